The van der Waals surface area contributed by atoms with Gasteiger partial charge in [-0.05, 0) is 31.1 Å². The zero-order chi connectivity index (χ0) is 9.26. The van der Waals surface area contributed by atoms with E-state index in [1.54, 1.807) is 0 Å². The highest BCUT2D eigenvalue weighted by molar-refractivity contribution is 6.26. The lowest BCUT2D eigenvalue weighted by Gasteiger charge is -2.18. The van der Waals surface area contributed by atoms with Crippen molar-refractivity contribution >= 4 is 17.6 Å². The molecule has 2 fully saturated rings. The Hall–Kier alpha value is -0.240. The molecule has 0 aliphatic heterocycles. The van der Waals surface area contributed by atoms with Crippen LogP contribution in [0.1, 0.15) is 32.1 Å². The second-order valence-corrected chi connectivity index (χ2v) is 4.36. The van der Waals surface area contributed by atoms with E-state index in [0.717, 1.165) is 12.3 Å². The minimum atomic E-state index is -0.251. The van der Waals surface area contributed by atoms with Gasteiger partial charge in [0.05, 0.1) is 0 Å². The van der Waals surface area contributed by atoms with Crippen LogP contribution in [0.3, 0.4) is 0 Å². The molecule has 2 aliphatic carbocycles. The Balaban J connectivity index is 1.90. The highest BCUT2D eigenvalue weighted by Crippen LogP contribution is 2.45. The summed E-state index contributed by atoms with van der Waals surface area (Å²) < 4.78 is 5.30. The van der Waals surface area contributed by atoms with E-state index in [0.29, 0.717) is 5.92 Å². The maximum absolute atomic E-state index is 11.0. The summed E-state index contributed by atoms with van der Waals surface area (Å²) in [7, 11) is 0. The van der Waals surface area contributed by atoms with Gasteiger partial charge in [0.15, 0.2) is 0 Å². The van der Waals surface area contributed by atoms with Gasteiger partial charge in [0.2, 0.25) is 0 Å². The number of ether oxygens (including phenoxy) is 1. The Morgan fingerprint density at radius 3 is 2.92 bits per heavy atom. The highest BCUT2D eigenvalue weighted by Gasteiger charge is 2.40. The third kappa shape index (κ3) is 1.83. The Labute approximate surface area is 83.6 Å². The summed E-state index contributed by atoms with van der Waals surface area (Å²) in [6, 6.07) is 0. The highest BCUT2D eigenvalue weighted by atomic mass is 35.5. The van der Waals surface area contributed by atoms with Gasteiger partial charge in [-0.15, -0.1) is 11.6 Å². The van der Waals surface area contributed by atoms with E-state index in [1.807, 2.05) is 0 Å². The summed E-state index contributed by atoms with van der Waals surface area (Å²) in [5.74, 6) is 1.22. The van der Waals surface area contributed by atoms with E-state index in [-0.39, 0.29) is 18.0 Å². The molecule has 3 heteroatoms. The number of carbonyl (C=O) groups is 1. The van der Waals surface area contributed by atoms with Crippen LogP contribution < -0.4 is 0 Å². The Kier molecular flexibility index (Phi) is 2.77. The van der Waals surface area contributed by atoms with Gasteiger partial charge in [0.25, 0.3) is 0 Å². The average molecular weight is 203 g/mol. The van der Waals surface area contributed by atoms with Crippen LogP contribution in [0.25, 0.3) is 0 Å². The zero-order valence-corrected chi connectivity index (χ0v) is 8.43. The van der Waals surface area contributed by atoms with E-state index in [9.17, 15) is 4.79 Å². The van der Waals surface area contributed by atoms with Crippen LogP contribution in [0.4, 0.5) is 0 Å². The van der Waals surface area contributed by atoms with Crippen LogP contribution >= 0.6 is 11.6 Å². The van der Waals surface area contributed by atoms with Crippen molar-refractivity contribution in [2.45, 2.75) is 38.2 Å². The van der Waals surface area contributed by atoms with E-state index < -0.39 is 0 Å². The van der Waals surface area contributed by atoms with Crippen LogP contribution in [0.15, 0.2) is 0 Å². The predicted octanol–water partition coefficient (Wildman–Crippen LogP) is 2.35. The van der Waals surface area contributed by atoms with Crippen molar-refractivity contribution in [2.24, 2.45) is 11.8 Å². The van der Waals surface area contributed by atoms with Crippen LogP contribution in [-0.2, 0) is 9.53 Å². The SMILES string of the molecule is O=C(CCl)O[C@@H]1CC[C@@H]2CCC[C@@H]21. The Bertz CT molecular complexity index is 205. The van der Waals surface area contributed by atoms with E-state index in [2.05, 4.69) is 0 Å². The molecule has 0 aromatic rings. The minimum Gasteiger partial charge on any atom is -0.461 e. The monoisotopic (exact) mass is 202 g/mol. The molecular weight excluding hydrogens is 188 g/mol. The van der Waals surface area contributed by atoms with Crippen LogP contribution in [0.2, 0.25) is 0 Å². The first kappa shape index (κ1) is 9.32. The average Bonchev–Trinajstić information content (AvgIpc) is 2.69. The van der Waals surface area contributed by atoms with Gasteiger partial charge < -0.3 is 4.74 Å². The first-order valence-electron chi connectivity index (χ1n) is 5.06. The number of rotatable bonds is 2. The molecule has 2 nitrogen and oxygen atoms in total. The number of alkyl halides is 1. The van der Waals surface area contributed by atoms with Gasteiger partial charge in [-0.3, -0.25) is 4.79 Å². The molecule has 0 heterocycles. The molecule has 74 valence electrons. The summed E-state index contributed by atoms with van der Waals surface area (Å²) in [6.07, 6.45) is 6.36. The first-order chi connectivity index (χ1) is 6.31. The molecule has 0 bridgehead atoms. The number of esters is 1. The van der Waals surface area contributed by atoms with Crippen molar-refractivity contribution < 1.29 is 9.53 Å². The third-order valence-corrected chi connectivity index (χ3v) is 3.63. The first-order valence-corrected chi connectivity index (χ1v) is 5.60. The second kappa shape index (κ2) is 3.87. The quantitative estimate of drug-likeness (QED) is 0.508. The van der Waals surface area contributed by atoms with Gasteiger partial charge in [0.1, 0.15) is 12.0 Å². The van der Waals surface area contributed by atoms with Gasteiger partial charge in [0, 0.05) is 0 Å². The molecular formula is C10H15ClO2. The molecule has 0 aromatic carbocycles. The molecule has 0 amide bonds. The number of halogens is 1. The van der Waals surface area contributed by atoms with Crippen molar-refractivity contribution in [1.82, 2.24) is 0 Å². The fourth-order valence-corrected chi connectivity index (χ4v) is 2.92. The molecule has 3 atom stereocenters. The molecule has 2 aliphatic rings. The smallest absolute Gasteiger partial charge is 0.321 e. The summed E-state index contributed by atoms with van der Waals surface area (Å²) in [6.45, 7) is 0. The molecule has 2 saturated carbocycles. The number of hydrogen-bond donors (Lipinski definition) is 0. The topological polar surface area (TPSA) is 26.3 Å². The van der Waals surface area contributed by atoms with Crippen LogP contribution in [0, 0.1) is 11.8 Å². The van der Waals surface area contributed by atoms with Crippen LogP contribution in [0.5, 0.6) is 0 Å². The standard InChI is InChI=1S/C10H15ClO2/c11-6-10(12)13-9-5-4-7-2-1-3-8(7)9/h7-9H,1-6H2/t7-,8-,9+/m0/s1. The fraction of sp³-hybridized carbons (Fsp3) is 0.900. The molecule has 0 aromatic heterocycles. The molecule has 2 rings (SSSR count). The maximum Gasteiger partial charge on any atom is 0.321 e. The Morgan fingerprint density at radius 1 is 1.31 bits per heavy atom. The second-order valence-electron chi connectivity index (χ2n) is 4.09. The Morgan fingerprint density at radius 2 is 2.15 bits per heavy atom. The van der Waals surface area contributed by atoms with Crippen molar-refractivity contribution in [1.29, 1.82) is 0 Å². The zero-order valence-electron chi connectivity index (χ0n) is 7.67. The van der Waals surface area contributed by atoms with Gasteiger partial charge in [-0.25, -0.2) is 0 Å². The van der Waals surface area contributed by atoms with Crippen molar-refractivity contribution in [3.05, 3.63) is 0 Å². The van der Waals surface area contributed by atoms with Crippen LogP contribution in [-0.4, -0.2) is 18.0 Å². The largest absolute Gasteiger partial charge is 0.461 e. The fourth-order valence-electron chi connectivity index (χ4n) is 2.85. The minimum absolute atomic E-state index is 0.00606. The lowest BCUT2D eigenvalue weighted by molar-refractivity contribution is -0.147. The predicted molar refractivity (Wildman–Crippen MR) is 50.7 cm³/mol. The molecule has 0 radical (unpaired) electrons. The van der Waals surface area contributed by atoms with E-state index >= 15 is 0 Å². The molecule has 0 N–H and O–H groups in total. The third-order valence-electron chi connectivity index (χ3n) is 3.41. The van der Waals surface area contributed by atoms with Crippen molar-refractivity contribution in [3.8, 4) is 0 Å². The molecule has 0 unspecified atom stereocenters. The van der Waals surface area contributed by atoms with Gasteiger partial charge >= 0.3 is 5.97 Å². The molecule has 0 saturated heterocycles. The summed E-state index contributed by atoms with van der Waals surface area (Å²) in [5, 5.41) is 0. The normalized spacial score (nSPS) is 37.5. The summed E-state index contributed by atoms with van der Waals surface area (Å²) in [4.78, 5) is 11.0. The van der Waals surface area contributed by atoms with E-state index in [4.69, 9.17) is 16.3 Å². The van der Waals surface area contributed by atoms with Gasteiger partial charge in [-0.1, -0.05) is 12.8 Å². The molecule has 0 spiro atoms. The van der Waals surface area contributed by atoms with E-state index in [1.165, 1.54) is 25.7 Å². The molecule has 13 heavy (non-hydrogen) atoms. The summed E-state index contributed by atoms with van der Waals surface area (Å²) >= 11 is 5.40. The number of hydrogen-bond acceptors (Lipinski definition) is 2. The van der Waals surface area contributed by atoms with Gasteiger partial charge in [-0.2, -0.15) is 0 Å². The van der Waals surface area contributed by atoms with Crippen molar-refractivity contribution in [2.75, 3.05) is 5.88 Å². The lowest BCUT2D eigenvalue weighted by Crippen LogP contribution is -2.23. The maximum atomic E-state index is 11.0. The summed E-state index contributed by atoms with van der Waals surface area (Å²) in [5.41, 5.74) is 0. The van der Waals surface area contributed by atoms with Crippen molar-refractivity contribution in [3.63, 3.8) is 0 Å². The lowest BCUT2D eigenvalue weighted by atomic mass is 9.99. The number of carbonyl (C=O) groups excluding carboxylic acids is 1. The number of fused-ring (bicyclic) bond motifs is 1.